The van der Waals surface area contributed by atoms with E-state index in [4.69, 9.17) is 4.98 Å². The summed E-state index contributed by atoms with van der Waals surface area (Å²) in [5.41, 5.74) is 2.21. The lowest BCUT2D eigenvalue weighted by Crippen LogP contribution is -2.36. The minimum Gasteiger partial charge on any atom is -0.296 e. The van der Waals surface area contributed by atoms with Crippen LogP contribution in [0.15, 0.2) is 30.3 Å². The van der Waals surface area contributed by atoms with Gasteiger partial charge in [-0.3, -0.25) is 9.69 Å². The second-order valence-electron chi connectivity index (χ2n) is 6.24. The fraction of sp³-hybridized carbons (Fsp3) is 0.444. The lowest BCUT2D eigenvalue weighted by molar-refractivity contribution is -0.123. The summed E-state index contributed by atoms with van der Waals surface area (Å²) in [6, 6.07) is 10.4. The Morgan fingerprint density at radius 2 is 1.95 bits per heavy atom. The molecule has 0 unspecified atom stereocenters. The monoisotopic (exact) mass is 280 g/mol. The van der Waals surface area contributed by atoms with E-state index in [1.54, 1.807) is 0 Å². The van der Waals surface area contributed by atoms with Gasteiger partial charge in [0.05, 0.1) is 5.52 Å². The molecule has 2 aromatic rings. The predicted molar refractivity (Wildman–Crippen MR) is 84.4 cm³/mol. The number of para-hydroxylation sites is 1. The number of nitrogens with zero attached hydrogens (tertiary/aromatic N) is 2. The van der Waals surface area contributed by atoms with Crippen LogP contribution in [0.3, 0.4) is 0 Å². The summed E-state index contributed by atoms with van der Waals surface area (Å²) in [5, 5.41) is 1.17. The number of benzene rings is 1. The van der Waals surface area contributed by atoms with Crippen molar-refractivity contribution in [3.63, 3.8) is 0 Å². The molecule has 108 valence electrons. The Morgan fingerprint density at radius 3 is 2.81 bits per heavy atom. The Balaban J connectivity index is 1.68. The number of pyridine rings is 1. The summed E-state index contributed by atoms with van der Waals surface area (Å²) >= 11 is 0. The first-order chi connectivity index (χ1) is 10.3. The van der Waals surface area contributed by atoms with Gasteiger partial charge in [0, 0.05) is 17.8 Å². The van der Waals surface area contributed by atoms with Gasteiger partial charge in [0.1, 0.15) is 5.82 Å². The summed E-state index contributed by atoms with van der Waals surface area (Å²) in [5.74, 6) is 1.43. The molecule has 2 heterocycles. The van der Waals surface area contributed by atoms with Gasteiger partial charge in [-0.1, -0.05) is 37.5 Å². The molecular formula is C18H20N2O. The summed E-state index contributed by atoms with van der Waals surface area (Å²) < 4.78 is 0. The molecule has 1 aliphatic heterocycles. The van der Waals surface area contributed by atoms with Crippen LogP contribution in [-0.4, -0.2) is 17.4 Å². The fourth-order valence-corrected chi connectivity index (χ4v) is 3.69. The summed E-state index contributed by atoms with van der Waals surface area (Å²) in [7, 11) is 0. The first kappa shape index (κ1) is 12.8. The molecule has 4 rings (SSSR count). The minimum atomic E-state index is 0.220. The zero-order valence-electron chi connectivity index (χ0n) is 12.2. The molecule has 0 bridgehead atoms. The van der Waals surface area contributed by atoms with Gasteiger partial charge in [0.15, 0.2) is 0 Å². The van der Waals surface area contributed by atoms with Crippen LogP contribution < -0.4 is 4.90 Å². The molecule has 0 saturated heterocycles. The van der Waals surface area contributed by atoms with Gasteiger partial charge in [0.2, 0.25) is 5.91 Å². The molecule has 2 aliphatic rings. The van der Waals surface area contributed by atoms with Gasteiger partial charge < -0.3 is 0 Å². The van der Waals surface area contributed by atoms with Crippen molar-refractivity contribution in [3.8, 4) is 0 Å². The van der Waals surface area contributed by atoms with Crippen molar-refractivity contribution in [1.29, 1.82) is 0 Å². The van der Waals surface area contributed by atoms with Crippen molar-refractivity contribution in [2.24, 2.45) is 5.92 Å². The van der Waals surface area contributed by atoms with Crippen LogP contribution in [0.1, 0.15) is 37.7 Å². The molecule has 0 N–H and O–H groups in total. The van der Waals surface area contributed by atoms with E-state index in [0.717, 1.165) is 37.1 Å². The molecule has 0 spiro atoms. The topological polar surface area (TPSA) is 33.2 Å². The second kappa shape index (κ2) is 5.14. The van der Waals surface area contributed by atoms with Crippen LogP contribution in [0.5, 0.6) is 0 Å². The molecule has 1 aliphatic carbocycles. The zero-order chi connectivity index (χ0) is 14.2. The van der Waals surface area contributed by atoms with Crippen LogP contribution in [0.2, 0.25) is 0 Å². The minimum absolute atomic E-state index is 0.220. The normalized spacial score (nSPS) is 19.0. The number of amides is 1. The average Bonchev–Trinajstić information content (AvgIpc) is 2.95. The van der Waals surface area contributed by atoms with Gasteiger partial charge in [-0.25, -0.2) is 4.98 Å². The van der Waals surface area contributed by atoms with Crippen molar-refractivity contribution in [2.45, 2.75) is 38.5 Å². The van der Waals surface area contributed by atoms with Crippen molar-refractivity contribution in [2.75, 3.05) is 11.4 Å². The largest absolute Gasteiger partial charge is 0.296 e. The molecule has 1 aromatic carbocycles. The van der Waals surface area contributed by atoms with Crippen LogP contribution in [0.25, 0.3) is 10.9 Å². The Hall–Kier alpha value is -1.90. The molecule has 1 fully saturated rings. The van der Waals surface area contributed by atoms with E-state index in [-0.39, 0.29) is 5.92 Å². The van der Waals surface area contributed by atoms with Crippen molar-refractivity contribution < 1.29 is 4.79 Å². The van der Waals surface area contributed by atoms with Crippen LogP contribution in [-0.2, 0) is 11.2 Å². The molecule has 1 aromatic heterocycles. The summed E-state index contributed by atoms with van der Waals surface area (Å²) in [6.45, 7) is 0.800. The maximum Gasteiger partial charge on any atom is 0.231 e. The van der Waals surface area contributed by atoms with Crippen molar-refractivity contribution in [3.05, 3.63) is 35.9 Å². The van der Waals surface area contributed by atoms with Gasteiger partial charge in [-0.15, -0.1) is 0 Å². The van der Waals surface area contributed by atoms with E-state index in [2.05, 4.69) is 12.1 Å². The third-order valence-electron chi connectivity index (χ3n) is 4.86. The smallest absolute Gasteiger partial charge is 0.231 e. The average molecular weight is 280 g/mol. The Kier molecular flexibility index (Phi) is 3.13. The zero-order valence-corrected chi connectivity index (χ0v) is 12.2. The molecule has 3 heteroatoms. The molecule has 0 atom stereocenters. The van der Waals surface area contributed by atoms with Crippen LogP contribution in [0, 0.1) is 5.92 Å². The van der Waals surface area contributed by atoms with E-state index in [1.807, 2.05) is 23.1 Å². The fourth-order valence-electron chi connectivity index (χ4n) is 3.69. The van der Waals surface area contributed by atoms with E-state index in [9.17, 15) is 4.79 Å². The van der Waals surface area contributed by atoms with E-state index in [1.165, 1.54) is 30.2 Å². The lowest BCUT2D eigenvalue weighted by atomic mass is 9.88. The number of carbonyl (C=O) groups is 1. The number of rotatable bonds is 1. The third-order valence-corrected chi connectivity index (χ3v) is 4.86. The SMILES string of the molecule is O=C(C1CCCCC1)N1CCc2cc3ccccc3nc21. The molecule has 0 radical (unpaired) electrons. The van der Waals surface area contributed by atoms with Crippen LogP contribution in [0.4, 0.5) is 5.82 Å². The number of aromatic nitrogens is 1. The molecule has 1 amide bonds. The quantitative estimate of drug-likeness (QED) is 0.798. The predicted octanol–water partition coefficient (Wildman–Crippen LogP) is 3.70. The third kappa shape index (κ3) is 2.21. The number of anilines is 1. The van der Waals surface area contributed by atoms with Crippen LogP contribution >= 0.6 is 0 Å². The number of hydrogen-bond donors (Lipinski definition) is 0. The van der Waals surface area contributed by atoms with E-state index >= 15 is 0 Å². The van der Waals surface area contributed by atoms with Gasteiger partial charge in [-0.2, -0.15) is 0 Å². The summed E-state index contributed by atoms with van der Waals surface area (Å²) in [4.78, 5) is 19.5. The van der Waals surface area contributed by atoms with E-state index < -0.39 is 0 Å². The van der Waals surface area contributed by atoms with Gasteiger partial charge >= 0.3 is 0 Å². The molecular weight excluding hydrogens is 260 g/mol. The van der Waals surface area contributed by atoms with Gasteiger partial charge in [0.25, 0.3) is 0 Å². The number of fused-ring (bicyclic) bond motifs is 2. The standard InChI is InChI=1S/C18H20N2O/c21-18(13-6-2-1-3-7-13)20-11-10-15-12-14-8-4-5-9-16(14)19-17(15)20/h4-5,8-9,12-13H,1-3,6-7,10-11H2. The molecule has 1 saturated carbocycles. The number of hydrogen-bond acceptors (Lipinski definition) is 2. The van der Waals surface area contributed by atoms with Crippen molar-refractivity contribution >= 4 is 22.6 Å². The Bertz CT molecular complexity index is 689. The highest BCUT2D eigenvalue weighted by molar-refractivity contribution is 5.97. The lowest BCUT2D eigenvalue weighted by Gasteiger charge is -2.26. The summed E-state index contributed by atoms with van der Waals surface area (Å²) in [6.07, 6.45) is 6.72. The molecule has 3 nitrogen and oxygen atoms in total. The Labute approximate surface area is 125 Å². The maximum atomic E-state index is 12.8. The number of carbonyl (C=O) groups excluding carboxylic acids is 1. The second-order valence-corrected chi connectivity index (χ2v) is 6.24. The first-order valence-electron chi connectivity index (χ1n) is 8.03. The van der Waals surface area contributed by atoms with E-state index in [0.29, 0.717) is 5.91 Å². The molecule has 21 heavy (non-hydrogen) atoms. The highest BCUT2D eigenvalue weighted by atomic mass is 16.2. The highest BCUT2D eigenvalue weighted by Gasteiger charge is 2.32. The van der Waals surface area contributed by atoms with Crippen molar-refractivity contribution in [1.82, 2.24) is 4.98 Å². The first-order valence-corrected chi connectivity index (χ1v) is 8.03. The highest BCUT2D eigenvalue weighted by Crippen LogP contribution is 2.33. The Morgan fingerprint density at radius 1 is 1.14 bits per heavy atom. The van der Waals surface area contributed by atoms with Gasteiger partial charge in [-0.05, 0) is 37.0 Å². The maximum absolute atomic E-state index is 12.8.